The zero-order valence-electron chi connectivity index (χ0n) is 73.5. The second-order valence-corrected chi connectivity index (χ2v) is 31.9. The molecule has 0 aliphatic carbocycles. The van der Waals surface area contributed by atoms with Gasteiger partial charge in [-0.2, -0.15) is 0 Å². The van der Waals surface area contributed by atoms with Crippen molar-refractivity contribution in [3.63, 3.8) is 0 Å². The van der Waals surface area contributed by atoms with Gasteiger partial charge in [-0.1, -0.05) is 60.1 Å². The zero-order valence-corrected chi connectivity index (χ0v) is 73.5. The number of carboxylic acids is 5. The van der Waals surface area contributed by atoms with Gasteiger partial charge in [0, 0.05) is 32.5 Å². The summed E-state index contributed by atoms with van der Waals surface area (Å²) in [6.07, 6.45) is -6.12. The number of hydrogen-bond acceptors (Lipinski definition) is 27. The van der Waals surface area contributed by atoms with Gasteiger partial charge in [0.1, 0.15) is 90.3 Å². The molecule has 1 aromatic rings. The summed E-state index contributed by atoms with van der Waals surface area (Å²) in [5, 5.41) is 120. The third-order valence-electron chi connectivity index (χ3n) is 20.7. The number of aliphatic carboxylic acids is 5. The number of phenolic OH excluding ortho intramolecular Hbond substituents is 1. The van der Waals surface area contributed by atoms with E-state index >= 15 is 0 Å². The molecule has 728 valence electrons. The first-order chi connectivity index (χ1) is 61.1. The average molecular weight is 1850 g/mol. The number of likely N-dealkylation sites (tertiary alicyclic amines) is 1. The van der Waals surface area contributed by atoms with Gasteiger partial charge in [0.05, 0.1) is 31.9 Å². The highest BCUT2D eigenvalue weighted by Gasteiger charge is 2.43. The number of primary amides is 1. The van der Waals surface area contributed by atoms with Crippen molar-refractivity contribution in [3.05, 3.63) is 29.8 Å². The molecule has 130 heavy (non-hydrogen) atoms. The highest BCUT2D eigenvalue weighted by molar-refractivity contribution is 6.02. The Morgan fingerprint density at radius 1 is 0.415 bits per heavy atom. The van der Waals surface area contributed by atoms with E-state index in [0.717, 1.165) is 4.90 Å². The first-order valence-corrected chi connectivity index (χ1v) is 42.4. The van der Waals surface area contributed by atoms with Crippen molar-refractivity contribution in [3.8, 4) is 5.75 Å². The standard InChI is InChI=1S/C79H130N24O27/c1-7-40(6)62(102-69(121)48(24-26-55(83)106)92-67(119)49(25-27-56(107)108)93-65(117)46(17-12-30-88-78(84)85)90-63(115)43(82)33-41-20-22-42(105)23-21-41)75(127)95-44(15-8-10-28-80)64(116)91-47(18-13-31-89-79(86)87)68(120)100-60(38(2)3)74(126)94-45(16-9-11-29-81)66(118)96-51(35-58(111)112)71(123)99-53(37-104)73(125)98-50(34-57(109)110)70(122)97-52(36-59(113)114)72(124)101-61(39(4)5)76(128)103-32-14-19-54(103)77(129)130/h20-23,38-40,43-54,60-62,104-105H,7-19,24-37,80-82H2,1-6H3,(H2,83,106)(H,90,115)(H,91,116)(H,92,119)(H,93,117)(H,94,126)(H,95,127)(H,96,118)(H,97,122)(H,98,125)(H,99,123)(H,100,120)(H,101,124)(H,102,121)(H,107,108)(H,109,110)(H,111,112)(H,113,114)(H,129,130)(H4,84,85,88)(H4,86,87,89)/t40-,43-,44-,45-,46-,47-,48-,49-,50-,51-,52-,53-,54-,60-,61-,62-/m0/s1. The number of hydrogen-bond donors (Lipinski definition) is 30. The van der Waals surface area contributed by atoms with E-state index in [4.69, 9.17) is 45.2 Å². The number of nitrogens with one attached hydrogen (secondary N) is 17. The van der Waals surface area contributed by atoms with Crippen LogP contribution in [0.2, 0.25) is 0 Å². The van der Waals surface area contributed by atoms with E-state index in [1.54, 1.807) is 6.92 Å². The number of benzene rings is 1. The second-order valence-electron chi connectivity index (χ2n) is 31.9. The summed E-state index contributed by atoms with van der Waals surface area (Å²) in [5.74, 6) is -28.9. The Labute approximate surface area is 748 Å². The van der Waals surface area contributed by atoms with E-state index in [-0.39, 0.29) is 122 Å². The normalized spacial score (nSPS) is 15.7. The van der Waals surface area contributed by atoms with Crippen LogP contribution >= 0.6 is 0 Å². The number of rotatable bonds is 63. The first kappa shape index (κ1) is 113. The molecule has 51 nitrogen and oxygen atoms in total. The lowest BCUT2D eigenvalue weighted by molar-refractivity contribution is -0.150. The number of phenols is 1. The van der Waals surface area contributed by atoms with E-state index in [9.17, 15) is 132 Å². The number of carbonyl (C=O) groups is 20. The van der Waals surface area contributed by atoms with Crippen LogP contribution in [0.25, 0.3) is 0 Å². The van der Waals surface area contributed by atoms with Gasteiger partial charge in [-0.05, 0) is 145 Å². The number of carboxylic acid groups (broad SMARTS) is 5. The summed E-state index contributed by atoms with van der Waals surface area (Å²) in [6, 6.07) is -20.2. The van der Waals surface area contributed by atoms with Crippen molar-refractivity contribution in [2.75, 3.05) is 39.3 Å². The lowest BCUT2D eigenvalue weighted by Gasteiger charge is -2.30. The van der Waals surface area contributed by atoms with E-state index in [1.807, 2.05) is 16.0 Å². The number of aliphatic hydroxyl groups excluding tert-OH is 1. The quantitative estimate of drug-likeness (QED) is 0.0164. The van der Waals surface area contributed by atoms with Crippen LogP contribution in [-0.4, -0.2) is 301 Å². The van der Waals surface area contributed by atoms with Crippen LogP contribution in [-0.2, 0) is 102 Å². The lowest BCUT2D eigenvalue weighted by atomic mass is 9.96. The van der Waals surface area contributed by atoms with E-state index in [0.29, 0.717) is 12.0 Å². The number of carbonyl (C=O) groups excluding carboxylic acids is 15. The summed E-state index contributed by atoms with van der Waals surface area (Å²) in [5.41, 5.74) is 34.8. The molecule has 1 aromatic carbocycles. The van der Waals surface area contributed by atoms with Crippen LogP contribution in [0.4, 0.5) is 0 Å². The number of nitrogens with two attached hydrogens (primary N) is 6. The molecule has 51 heteroatoms. The summed E-state index contributed by atoms with van der Waals surface area (Å²) in [4.78, 5) is 273. The van der Waals surface area contributed by atoms with Crippen molar-refractivity contribution in [2.24, 2.45) is 52.2 Å². The molecule has 16 atom stereocenters. The van der Waals surface area contributed by atoms with Gasteiger partial charge in [0.2, 0.25) is 88.6 Å². The van der Waals surface area contributed by atoms with E-state index in [1.165, 1.54) is 58.9 Å². The predicted molar refractivity (Wildman–Crippen MR) is 460 cm³/mol. The third-order valence-corrected chi connectivity index (χ3v) is 20.7. The van der Waals surface area contributed by atoms with Crippen LogP contribution in [0.5, 0.6) is 5.75 Å². The number of guanidine groups is 2. The molecule has 0 aromatic heterocycles. The maximum atomic E-state index is 14.8. The molecule has 1 aliphatic rings. The van der Waals surface area contributed by atoms with Crippen molar-refractivity contribution < 1.29 is 132 Å². The fourth-order valence-corrected chi connectivity index (χ4v) is 13.2. The molecule has 1 saturated heterocycles. The number of nitrogens with zero attached hydrogens (tertiary/aromatic N) is 1. The lowest BCUT2D eigenvalue weighted by Crippen LogP contribution is -2.62. The maximum absolute atomic E-state index is 14.8. The Kier molecular flexibility index (Phi) is 50.6. The minimum atomic E-state index is -2.25. The molecule has 36 N–H and O–H groups in total. The Bertz CT molecular complexity index is 4090. The topological polar surface area (TPSA) is 871 Å². The summed E-state index contributed by atoms with van der Waals surface area (Å²) in [6.45, 7) is 7.68. The molecule has 0 radical (unpaired) electrons. The average Bonchev–Trinajstić information content (AvgIpc) is 1.67. The minimum absolute atomic E-state index is 0.00549. The van der Waals surface area contributed by atoms with Crippen molar-refractivity contribution in [1.29, 1.82) is 10.8 Å². The van der Waals surface area contributed by atoms with Crippen molar-refractivity contribution in [1.82, 2.24) is 84.7 Å². The Morgan fingerprint density at radius 3 is 1.12 bits per heavy atom. The Morgan fingerprint density at radius 2 is 0.746 bits per heavy atom. The summed E-state index contributed by atoms with van der Waals surface area (Å²) < 4.78 is 0. The summed E-state index contributed by atoms with van der Waals surface area (Å²) >= 11 is 0. The second kappa shape index (κ2) is 58.3. The van der Waals surface area contributed by atoms with Crippen LogP contribution in [0.15, 0.2) is 24.3 Å². The molecule has 1 fully saturated rings. The highest BCUT2D eigenvalue weighted by Crippen LogP contribution is 2.22. The Hall–Kier alpha value is -13.2. The van der Waals surface area contributed by atoms with Crippen LogP contribution < -0.4 is 114 Å². The largest absolute Gasteiger partial charge is 0.508 e. The summed E-state index contributed by atoms with van der Waals surface area (Å²) in [7, 11) is 0. The molecule has 0 spiro atoms. The fraction of sp³-hybridized carbons (Fsp3) is 0.646. The van der Waals surface area contributed by atoms with Crippen LogP contribution in [0.1, 0.15) is 176 Å². The number of aliphatic hydroxyl groups is 1. The zero-order chi connectivity index (χ0) is 98.4. The van der Waals surface area contributed by atoms with Crippen LogP contribution in [0, 0.1) is 28.6 Å². The molecule has 1 heterocycles. The number of unbranched alkanes of at least 4 members (excludes halogenated alkanes) is 2. The SMILES string of the molecule is CC[C@H](C)[C@H](NC(=O)[C@H](CCC(N)=O)NC(=O)[C@H](CCC(=O)O)NC(=O)[C@H](CCCNC(=N)N)NC(=O)[C@@H](N)Cc1ccc(O)cc1)C(=O)N[C@@H](CCCCN)C(=O)N[C@@H](CCCNC(=N)N)C(=O)N[C@H](C(=O)N[C@@H](CCCCN)C(=O)N[C@@H](CC(=O)O)C(=O)N[C@@H](CO)C(=O)N[C@@H](CC(=O)O)C(=O)N[C@@H](CC(=O)O)C(=O)N[C@H](C(=O)N1CCC[C@H]1C(=O)O)C(C)C)C(C)C. The van der Waals surface area contributed by atoms with Gasteiger partial charge in [0.15, 0.2) is 11.9 Å². The first-order valence-electron chi connectivity index (χ1n) is 42.4. The van der Waals surface area contributed by atoms with Crippen molar-refractivity contribution >= 4 is 130 Å². The van der Waals surface area contributed by atoms with Gasteiger partial charge in [-0.15, -0.1) is 0 Å². The molecule has 0 saturated carbocycles. The predicted octanol–water partition coefficient (Wildman–Crippen LogP) is -8.67. The van der Waals surface area contributed by atoms with Gasteiger partial charge in [-0.3, -0.25) is 102 Å². The highest BCUT2D eigenvalue weighted by atomic mass is 16.4. The molecule has 2 rings (SSSR count). The number of amides is 15. The molecule has 1 aliphatic heterocycles. The van der Waals surface area contributed by atoms with Gasteiger partial charge >= 0.3 is 29.8 Å². The fourth-order valence-electron chi connectivity index (χ4n) is 13.2. The molecular weight excluding hydrogens is 1720 g/mol. The third kappa shape index (κ3) is 41.7. The van der Waals surface area contributed by atoms with E-state index < -0.39 is 290 Å². The van der Waals surface area contributed by atoms with Crippen LogP contribution in [0.3, 0.4) is 0 Å². The minimum Gasteiger partial charge on any atom is -0.508 e. The monoisotopic (exact) mass is 1850 g/mol. The molecule has 0 unspecified atom stereocenters. The Balaban J connectivity index is 2.57. The van der Waals surface area contributed by atoms with Crippen molar-refractivity contribution in [2.45, 2.75) is 267 Å². The van der Waals surface area contributed by atoms with Gasteiger partial charge < -0.3 is 155 Å². The maximum Gasteiger partial charge on any atom is 0.326 e. The molecular formula is C79H130N24O27. The van der Waals surface area contributed by atoms with Gasteiger partial charge in [0.25, 0.3) is 0 Å². The van der Waals surface area contributed by atoms with E-state index in [2.05, 4.69) is 63.8 Å². The smallest absolute Gasteiger partial charge is 0.326 e. The van der Waals surface area contributed by atoms with Gasteiger partial charge in [-0.25, -0.2) is 4.79 Å². The number of aromatic hydroxyl groups is 1. The molecule has 15 amide bonds. The molecule has 0 bridgehead atoms.